The van der Waals surface area contributed by atoms with Gasteiger partial charge in [-0.2, -0.15) is 0 Å². The minimum absolute atomic E-state index is 0.161. The fraction of sp³-hybridized carbons (Fsp3) is 0.714. The molecule has 0 aromatic heterocycles. The Hall–Kier alpha value is -0.780. The summed E-state index contributed by atoms with van der Waals surface area (Å²) in [6, 6.07) is 0. The number of benzene rings is 1. The molecule has 0 atom stereocenters. The highest BCUT2D eigenvalue weighted by Gasteiger charge is 2.34. The van der Waals surface area contributed by atoms with Crippen molar-refractivity contribution in [3.8, 4) is 0 Å². The topological polar surface area (TPSA) is 0 Å². The second-order valence-electron chi connectivity index (χ2n) is 9.75. The number of hydrogen-bond donors (Lipinski definition) is 0. The van der Waals surface area contributed by atoms with Gasteiger partial charge >= 0.3 is 0 Å². The summed E-state index contributed by atoms with van der Waals surface area (Å²) in [5.41, 5.74) is 9.63. The van der Waals surface area contributed by atoms with E-state index in [0.29, 0.717) is 0 Å². The molecule has 1 rings (SSSR count). The van der Waals surface area contributed by atoms with E-state index in [2.05, 4.69) is 83.1 Å². The van der Waals surface area contributed by atoms with Gasteiger partial charge < -0.3 is 0 Å². The van der Waals surface area contributed by atoms with Crippen molar-refractivity contribution in [2.45, 2.75) is 99.3 Å². The van der Waals surface area contributed by atoms with E-state index >= 15 is 0 Å². The minimum atomic E-state index is 0.161. The summed E-state index contributed by atoms with van der Waals surface area (Å²) in [5.74, 6) is 0. The Labute approximate surface area is 133 Å². The van der Waals surface area contributed by atoms with Gasteiger partial charge in [0.05, 0.1) is 0 Å². The smallest absolute Gasteiger partial charge is 0.0126 e. The van der Waals surface area contributed by atoms with E-state index in [9.17, 15) is 0 Å². The van der Waals surface area contributed by atoms with Crippen molar-refractivity contribution in [2.75, 3.05) is 0 Å². The molecule has 0 aliphatic heterocycles. The summed E-state index contributed by atoms with van der Waals surface area (Å²) in [5, 5.41) is 0. The van der Waals surface area contributed by atoms with Crippen molar-refractivity contribution in [3.05, 3.63) is 33.4 Å². The second kappa shape index (κ2) is 5.14. The van der Waals surface area contributed by atoms with Crippen LogP contribution in [0.1, 0.15) is 95.7 Å². The Morgan fingerprint density at radius 1 is 0.381 bits per heavy atom. The number of hydrogen-bond acceptors (Lipinski definition) is 0. The Kier molecular flexibility index (Phi) is 4.47. The lowest BCUT2D eigenvalue weighted by Crippen LogP contribution is -2.30. The van der Waals surface area contributed by atoms with Crippen molar-refractivity contribution in [1.82, 2.24) is 0 Å². The molecular weight excluding hydrogens is 252 g/mol. The van der Waals surface area contributed by atoms with Crippen LogP contribution < -0.4 is 0 Å². The van der Waals surface area contributed by atoms with Crippen molar-refractivity contribution in [1.29, 1.82) is 0 Å². The van der Waals surface area contributed by atoms with E-state index in [4.69, 9.17) is 0 Å². The highest BCUT2D eigenvalue weighted by Crippen LogP contribution is 2.45. The molecule has 0 amide bonds. The lowest BCUT2D eigenvalue weighted by Gasteiger charge is -2.40. The van der Waals surface area contributed by atoms with Gasteiger partial charge in [-0.25, -0.2) is 0 Å². The number of rotatable bonds is 0. The summed E-state index contributed by atoms with van der Waals surface area (Å²) in [6.45, 7) is 28.1. The quantitative estimate of drug-likeness (QED) is 0.511. The fourth-order valence-corrected chi connectivity index (χ4v) is 3.78. The van der Waals surface area contributed by atoms with E-state index < -0.39 is 0 Å². The third-order valence-electron chi connectivity index (χ3n) is 4.62. The zero-order valence-electron chi connectivity index (χ0n) is 16.5. The molecule has 120 valence electrons. The van der Waals surface area contributed by atoms with Gasteiger partial charge in [-0.05, 0) is 70.4 Å². The summed E-state index contributed by atoms with van der Waals surface area (Å²) >= 11 is 0. The standard InChI is InChI=1S/C21H36/c1-13-14(2)16(19(4,5)6)18(21(10,11)12)17(15(13)3)20(7,8)9/h1-12H3. The monoisotopic (exact) mass is 288 g/mol. The van der Waals surface area contributed by atoms with Gasteiger partial charge in [0.15, 0.2) is 0 Å². The average molecular weight is 289 g/mol. The molecule has 0 saturated carbocycles. The van der Waals surface area contributed by atoms with E-state index in [-0.39, 0.29) is 16.2 Å². The molecule has 0 aliphatic rings. The molecule has 0 radical (unpaired) electrons. The predicted octanol–water partition coefficient (Wildman–Crippen LogP) is 6.50. The van der Waals surface area contributed by atoms with Crippen molar-refractivity contribution >= 4 is 0 Å². The van der Waals surface area contributed by atoms with E-state index in [1.165, 1.54) is 16.7 Å². The van der Waals surface area contributed by atoms with Crippen LogP contribution in [0.4, 0.5) is 0 Å². The molecule has 0 saturated heterocycles. The Bertz CT molecular complexity index is 496. The van der Waals surface area contributed by atoms with Crippen molar-refractivity contribution in [3.63, 3.8) is 0 Å². The van der Waals surface area contributed by atoms with Crippen LogP contribution in [0.2, 0.25) is 0 Å². The van der Waals surface area contributed by atoms with Crippen molar-refractivity contribution in [2.24, 2.45) is 0 Å². The normalized spacial score (nSPS) is 13.7. The van der Waals surface area contributed by atoms with Gasteiger partial charge in [-0.1, -0.05) is 62.3 Å². The highest BCUT2D eigenvalue weighted by molar-refractivity contribution is 5.57. The lowest BCUT2D eigenvalue weighted by molar-refractivity contribution is 0.492. The molecule has 0 aliphatic carbocycles. The van der Waals surface area contributed by atoms with Gasteiger partial charge in [0, 0.05) is 0 Å². The van der Waals surface area contributed by atoms with Crippen LogP contribution in [-0.2, 0) is 16.2 Å². The highest BCUT2D eigenvalue weighted by atomic mass is 14.4. The van der Waals surface area contributed by atoms with Crippen LogP contribution >= 0.6 is 0 Å². The lowest BCUT2D eigenvalue weighted by atomic mass is 9.65. The van der Waals surface area contributed by atoms with Crippen LogP contribution in [0, 0.1) is 20.8 Å². The summed E-state index contributed by atoms with van der Waals surface area (Å²) in [7, 11) is 0. The van der Waals surface area contributed by atoms with Crippen LogP contribution in [0.15, 0.2) is 0 Å². The Balaban J connectivity index is 4.12. The first-order valence-corrected chi connectivity index (χ1v) is 8.25. The van der Waals surface area contributed by atoms with Crippen molar-refractivity contribution < 1.29 is 0 Å². The minimum Gasteiger partial charge on any atom is -0.0561 e. The first kappa shape index (κ1) is 18.3. The van der Waals surface area contributed by atoms with Gasteiger partial charge in [-0.3, -0.25) is 0 Å². The summed E-state index contributed by atoms with van der Waals surface area (Å²) in [6.07, 6.45) is 0. The fourth-order valence-electron chi connectivity index (χ4n) is 3.78. The zero-order chi connectivity index (χ0) is 17.0. The molecule has 0 nitrogen and oxygen atoms in total. The zero-order valence-corrected chi connectivity index (χ0v) is 16.5. The average Bonchev–Trinajstić information content (AvgIpc) is 2.19. The molecule has 0 spiro atoms. The molecule has 1 aromatic carbocycles. The van der Waals surface area contributed by atoms with Crippen LogP contribution in [-0.4, -0.2) is 0 Å². The third kappa shape index (κ3) is 3.35. The first-order valence-electron chi connectivity index (χ1n) is 8.25. The van der Waals surface area contributed by atoms with E-state index in [1.54, 1.807) is 16.7 Å². The molecule has 0 unspecified atom stereocenters. The maximum atomic E-state index is 2.36. The summed E-state index contributed by atoms with van der Waals surface area (Å²) in [4.78, 5) is 0. The molecule has 1 aromatic rings. The second-order valence-corrected chi connectivity index (χ2v) is 9.75. The maximum Gasteiger partial charge on any atom is -0.0126 e. The molecule has 0 heterocycles. The van der Waals surface area contributed by atoms with Crippen LogP contribution in [0.25, 0.3) is 0 Å². The maximum absolute atomic E-state index is 2.36. The molecule has 21 heavy (non-hydrogen) atoms. The van der Waals surface area contributed by atoms with Gasteiger partial charge in [-0.15, -0.1) is 0 Å². The summed E-state index contributed by atoms with van der Waals surface area (Å²) < 4.78 is 0. The Morgan fingerprint density at radius 3 is 0.810 bits per heavy atom. The van der Waals surface area contributed by atoms with E-state index in [0.717, 1.165) is 0 Å². The molecule has 0 N–H and O–H groups in total. The molecule has 0 heteroatoms. The van der Waals surface area contributed by atoms with Crippen LogP contribution in [0.3, 0.4) is 0 Å². The molecule has 0 fully saturated rings. The van der Waals surface area contributed by atoms with Gasteiger partial charge in [0.25, 0.3) is 0 Å². The first-order chi connectivity index (χ1) is 9.10. The molecular formula is C21H36. The Morgan fingerprint density at radius 2 is 0.619 bits per heavy atom. The molecule has 0 bridgehead atoms. The van der Waals surface area contributed by atoms with E-state index in [1.807, 2.05) is 0 Å². The largest absolute Gasteiger partial charge is 0.0561 e. The van der Waals surface area contributed by atoms with Crippen LogP contribution in [0.5, 0.6) is 0 Å². The third-order valence-corrected chi connectivity index (χ3v) is 4.62. The SMILES string of the molecule is Cc1c(C)c(C(C)(C)C)c(C(C)(C)C)c(C(C)(C)C)c1C. The van der Waals surface area contributed by atoms with Gasteiger partial charge in [0.2, 0.25) is 0 Å². The van der Waals surface area contributed by atoms with Gasteiger partial charge in [0.1, 0.15) is 0 Å². The predicted molar refractivity (Wildman–Crippen MR) is 96.8 cm³/mol.